The van der Waals surface area contributed by atoms with Gasteiger partial charge in [0.1, 0.15) is 5.58 Å². The van der Waals surface area contributed by atoms with Gasteiger partial charge >= 0.3 is 0 Å². The molecule has 3 nitrogen and oxygen atoms in total. The summed E-state index contributed by atoms with van der Waals surface area (Å²) >= 11 is 0. The Morgan fingerprint density at radius 1 is 1.17 bits per heavy atom. The molecule has 0 atom stereocenters. The van der Waals surface area contributed by atoms with Gasteiger partial charge < -0.3 is 8.98 Å². The van der Waals surface area contributed by atoms with Crippen molar-refractivity contribution >= 4 is 11.0 Å². The minimum absolute atomic E-state index is 0.00972. The van der Waals surface area contributed by atoms with Crippen LogP contribution in [0.5, 0.6) is 0 Å². The first-order valence-corrected chi connectivity index (χ1v) is 5.87. The van der Waals surface area contributed by atoms with E-state index in [-0.39, 0.29) is 5.56 Å². The van der Waals surface area contributed by atoms with E-state index in [1.165, 1.54) is 5.56 Å². The van der Waals surface area contributed by atoms with Crippen molar-refractivity contribution in [2.45, 2.75) is 13.5 Å². The predicted molar refractivity (Wildman–Crippen MR) is 70.8 cm³/mol. The number of pyridine rings is 1. The SMILES string of the molecule is Cc1ccccc1Cn1ccc2occc2c1=O. The molecule has 3 heteroatoms. The van der Waals surface area contributed by atoms with Crippen LogP contribution in [-0.2, 0) is 6.54 Å². The van der Waals surface area contributed by atoms with Crippen LogP contribution in [0, 0.1) is 6.92 Å². The van der Waals surface area contributed by atoms with Crippen LogP contribution in [0.2, 0.25) is 0 Å². The van der Waals surface area contributed by atoms with Crippen molar-refractivity contribution in [1.82, 2.24) is 4.57 Å². The molecule has 18 heavy (non-hydrogen) atoms. The van der Waals surface area contributed by atoms with E-state index in [2.05, 4.69) is 13.0 Å². The van der Waals surface area contributed by atoms with Gasteiger partial charge in [-0.05, 0) is 30.2 Å². The molecule has 2 heterocycles. The highest BCUT2D eigenvalue weighted by Crippen LogP contribution is 2.12. The number of aromatic nitrogens is 1. The minimum atomic E-state index is -0.00972. The molecule has 0 radical (unpaired) electrons. The quantitative estimate of drug-likeness (QED) is 0.689. The van der Waals surface area contributed by atoms with Gasteiger partial charge in [0.25, 0.3) is 5.56 Å². The molecule has 1 aromatic carbocycles. The van der Waals surface area contributed by atoms with E-state index in [0.717, 1.165) is 5.56 Å². The molecule has 0 saturated carbocycles. The fraction of sp³-hybridized carbons (Fsp3) is 0.133. The normalized spacial score (nSPS) is 10.9. The maximum absolute atomic E-state index is 12.2. The van der Waals surface area contributed by atoms with Crippen LogP contribution < -0.4 is 5.56 Å². The number of fused-ring (bicyclic) bond motifs is 1. The third-order valence-corrected chi connectivity index (χ3v) is 3.19. The molecule has 0 fully saturated rings. The Labute approximate surface area is 104 Å². The third-order valence-electron chi connectivity index (χ3n) is 3.19. The van der Waals surface area contributed by atoms with E-state index >= 15 is 0 Å². The van der Waals surface area contributed by atoms with Crippen molar-refractivity contribution in [3.8, 4) is 0 Å². The zero-order valence-electron chi connectivity index (χ0n) is 10.1. The summed E-state index contributed by atoms with van der Waals surface area (Å²) in [6.07, 6.45) is 3.32. The lowest BCUT2D eigenvalue weighted by molar-refractivity contribution is 0.613. The lowest BCUT2D eigenvalue weighted by atomic mass is 10.1. The summed E-state index contributed by atoms with van der Waals surface area (Å²) in [5.41, 5.74) is 2.98. The van der Waals surface area contributed by atoms with Gasteiger partial charge in [-0.25, -0.2) is 0 Å². The van der Waals surface area contributed by atoms with Crippen LogP contribution in [0.1, 0.15) is 11.1 Å². The van der Waals surface area contributed by atoms with Gasteiger partial charge in [0.2, 0.25) is 0 Å². The van der Waals surface area contributed by atoms with E-state index in [0.29, 0.717) is 17.5 Å². The number of hydrogen-bond acceptors (Lipinski definition) is 2. The van der Waals surface area contributed by atoms with Crippen LogP contribution in [0.4, 0.5) is 0 Å². The molecule has 0 bridgehead atoms. The Morgan fingerprint density at radius 2 is 2.00 bits per heavy atom. The second-order valence-electron chi connectivity index (χ2n) is 4.37. The maximum atomic E-state index is 12.2. The predicted octanol–water partition coefficient (Wildman–Crippen LogP) is 2.95. The highest BCUT2D eigenvalue weighted by atomic mass is 16.3. The number of hydrogen-bond donors (Lipinski definition) is 0. The van der Waals surface area contributed by atoms with Crippen molar-refractivity contribution in [3.63, 3.8) is 0 Å². The standard InChI is InChI=1S/C15H13NO2/c1-11-4-2-3-5-12(11)10-16-8-6-14-13(15(16)17)7-9-18-14/h2-9H,10H2,1H3. The first-order valence-electron chi connectivity index (χ1n) is 5.87. The Hall–Kier alpha value is -2.29. The Kier molecular flexibility index (Phi) is 2.52. The first-order chi connectivity index (χ1) is 8.75. The summed E-state index contributed by atoms with van der Waals surface area (Å²) in [4.78, 5) is 12.2. The number of furan rings is 1. The van der Waals surface area contributed by atoms with Crippen LogP contribution in [0.15, 0.2) is 58.1 Å². The molecule has 0 amide bonds. The van der Waals surface area contributed by atoms with Crippen molar-refractivity contribution in [2.75, 3.05) is 0 Å². The largest absolute Gasteiger partial charge is 0.464 e. The maximum Gasteiger partial charge on any atom is 0.262 e. The van der Waals surface area contributed by atoms with Gasteiger partial charge in [0, 0.05) is 6.20 Å². The molecule has 0 N–H and O–H groups in total. The van der Waals surface area contributed by atoms with Crippen molar-refractivity contribution in [3.05, 3.63) is 70.3 Å². The summed E-state index contributed by atoms with van der Waals surface area (Å²) in [5, 5.41) is 0.631. The topological polar surface area (TPSA) is 35.1 Å². The molecule has 0 spiro atoms. The molecule has 0 aliphatic heterocycles. The van der Waals surface area contributed by atoms with E-state index in [4.69, 9.17) is 4.42 Å². The Bertz CT molecular complexity index is 752. The summed E-state index contributed by atoms with van der Waals surface area (Å²) in [6.45, 7) is 2.64. The average Bonchev–Trinajstić information content (AvgIpc) is 2.84. The molecule has 2 aromatic heterocycles. The summed E-state index contributed by atoms with van der Waals surface area (Å²) in [5.74, 6) is 0. The van der Waals surface area contributed by atoms with Gasteiger partial charge in [0.05, 0.1) is 18.2 Å². The zero-order valence-corrected chi connectivity index (χ0v) is 10.1. The van der Waals surface area contributed by atoms with E-state index < -0.39 is 0 Å². The fourth-order valence-electron chi connectivity index (χ4n) is 2.10. The van der Waals surface area contributed by atoms with E-state index in [1.54, 1.807) is 23.1 Å². The average molecular weight is 239 g/mol. The van der Waals surface area contributed by atoms with Crippen molar-refractivity contribution in [2.24, 2.45) is 0 Å². The molecule has 0 aliphatic carbocycles. The second kappa shape index (κ2) is 4.18. The van der Waals surface area contributed by atoms with Gasteiger partial charge in [-0.1, -0.05) is 24.3 Å². The van der Waals surface area contributed by atoms with Gasteiger partial charge in [-0.2, -0.15) is 0 Å². The molecule has 0 aliphatic rings. The minimum Gasteiger partial charge on any atom is -0.464 e. The second-order valence-corrected chi connectivity index (χ2v) is 4.37. The van der Waals surface area contributed by atoms with Crippen molar-refractivity contribution < 1.29 is 4.42 Å². The molecule has 3 aromatic rings. The Balaban J connectivity index is 2.08. The fourth-order valence-corrected chi connectivity index (χ4v) is 2.10. The van der Waals surface area contributed by atoms with Gasteiger partial charge in [-0.3, -0.25) is 4.79 Å². The summed E-state index contributed by atoms with van der Waals surface area (Å²) < 4.78 is 6.92. The molecular formula is C15H13NO2. The smallest absolute Gasteiger partial charge is 0.262 e. The van der Waals surface area contributed by atoms with E-state index in [9.17, 15) is 4.79 Å². The Morgan fingerprint density at radius 3 is 2.83 bits per heavy atom. The van der Waals surface area contributed by atoms with Gasteiger partial charge in [-0.15, -0.1) is 0 Å². The summed E-state index contributed by atoms with van der Waals surface area (Å²) in [6, 6.07) is 11.6. The van der Waals surface area contributed by atoms with E-state index in [1.807, 2.05) is 24.3 Å². The zero-order chi connectivity index (χ0) is 12.5. The number of benzene rings is 1. The van der Waals surface area contributed by atoms with Gasteiger partial charge in [0.15, 0.2) is 0 Å². The van der Waals surface area contributed by atoms with Crippen LogP contribution in [-0.4, -0.2) is 4.57 Å². The highest BCUT2D eigenvalue weighted by Gasteiger charge is 2.06. The lowest BCUT2D eigenvalue weighted by Crippen LogP contribution is -2.19. The first kappa shape index (κ1) is 10.8. The van der Waals surface area contributed by atoms with Crippen LogP contribution in [0.25, 0.3) is 11.0 Å². The number of aryl methyl sites for hydroxylation is 1. The van der Waals surface area contributed by atoms with Crippen LogP contribution in [0.3, 0.4) is 0 Å². The summed E-state index contributed by atoms with van der Waals surface area (Å²) in [7, 11) is 0. The molecular weight excluding hydrogens is 226 g/mol. The monoisotopic (exact) mass is 239 g/mol. The molecule has 3 rings (SSSR count). The number of nitrogens with zero attached hydrogens (tertiary/aromatic N) is 1. The molecule has 0 saturated heterocycles. The molecule has 90 valence electrons. The van der Waals surface area contributed by atoms with Crippen LogP contribution >= 0.6 is 0 Å². The lowest BCUT2D eigenvalue weighted by Gasteiger charge is -2.08. The van der Waals surface area contributed by atoms with Crippen molar-refractivity contribution in [1.29, 1.82) is 0 Å². The number of rotatable bonds is 2. The molecule has 0 unspecified atom stereocenters. The third kappa shape index (κ3) is 1.74. The highest BCUT2D eigenvalue weighted by molar-refractivity contribution is 5.75.